The van der Waals surface area contributed by atoms with Gasteiger partial charge in [0.1, 0.15) is 0 Å². The number of imide groups is 1. The zero-order valence-electron chi connectivity index (χ0n) is 10.5. The highest BCUT2D eigenvalue weighted by Gasteiger charge is 2.50. The van der Waals surface area contributed by atoms with Gasteiger partial charge in [-0.1, -0.05) is 6.42 Å². The van der Waals surface area contributed by atoms with E-state index in [2.05, 4.69) is 0 Å². The van der Waals surface area contributed by atoms with Crippen molar-refractivity contribution < 1.29 is 19.5 Å². The van der Waals surface area contributed by atoms with Crippen LogP contribution in [0.15, 0.2) is 18.2 Å². The fourth-order valence-corrected chi connectivity index (χ4v) is 3.59. The summed E-state index contributed by atoms with van der Waals surface area (Å²) in [5.74, 6) is -2.15. The van der Waals surface area contributed by atoms with Gasteiger partial charge in [-0.15, -0.1) is 0 Å². The number of hydrogen-bond donors (Lipinski definition) is 1. The quantitative estimate of drug-likeness (QED) is 0.626. The predicted molar refractivity (Wildman–Crippen MR) is 79.4 cm³/mol. The maximum Gasteiger partial charge on any atom is 0.337 e. The van der Waals surface area contributed by atoms with E-state index >= 15 is 0 Å². The summed E-state index contributed by atoms with van der Waals surface area (Å²) < 4.78 is 0.753. The lowest BCUT2D eigenvalue weighted by molar-refractivity contribution is -0.122. The molecule has 1 aromatic carbocycles. The summed E-state index contributed by atoms with van der Waals surface area (Å²) in [6, 6.07) is 4.73. The van der Waals surface area contributed by atoms with E-state index in [1.807, 2.05) is 22.6 Å². The molecule has 20 heavy (non-hydrogen) atoms. The summed E-state index contributed by atoms with van der Waals surface area (Å²) in [6.45, 7) is 0. The summed E-state index contributed by atoms with van der Waals surface area (Å²) in [5, 5.41) is 9.27. The second-order valence-electron chi connectivity index (χ2n) is 5.12. The van der Waals surface area contributed by atoms with Crippen molar-refractivity contribution in [3.63, 3.8) is 0 Å². The van der Waals surface area contributed by atoms with Crippen LogP contribution in [0.4, 0.5) is 5.69 Å². The third kappa shape index (κ3) is 1.93. The number of carboxylic acids is 1. The number of nitrogens with zero attached hydrogens (tertiary/aromatic N) is 1. The minimum atomic E-state index is -1.13. The van der Waals surface area contributed by atoms with Crippen LogP contribution in [0.2, 0.25) is 0 Å². The molecule has 1 saturated carbocycles. The first-order valence-electron chi connectivity index (χ1n) is 6.41. The van der Waals surface area contributed by atoms with Crippen molar-refractivity contribution in [1.29, 1.82) is 0 Å². The van der Waals surface area contributed by atoms with Crippen molar-refractivity contribution in [2.24, 2.45) is 11.8 Å². The van der Waals surface area contributed by atoms with Crippen molar-refractivity contribution in [1.82, 2.24) is 0 Å². The number of carbonyl (C=O) groups is 3. The lowest BCUT2D eigenvalue weighted by atomic mass is 10.00. The second-order valence-corrected chi connectivity index (χ2v) is 6.37. The van der Waals surface area contributed by atoms with Gasteiger partial charge in [-0.2, -0.15) is 0 Å². The molecule has 0 bridgehead atoms. The number of hydrogen-bond acceptors (Lipinski definition) is 3. The van der Waals surface area contributed by atoms with E-state index in [1.165, 1.54) is 6.07 Å². The standard InChI is InChI=1S/C14H12INO4/c15-7-4-5-11(10(6-7)14(19)20)16-12(17)8-2-1-3-9(8)13(16)18/h4-6,8-9H,1-3H2,(H,19,20). The first kappa shape index (κ1) is 13.5. The number of carboxylic acid groups (broad SMARTS) is 1. The normalized spacial score (nSPS) is 25.1. The minimum Gasteiger partial charge on any atom is -0.478 e. The molecule has 0 spiro atoms. The Balaban J connectivity index is 2.08. The van der Waals surface area contributed by atoms with E-state index in [9.17, 15) is 19.5 Å². The maximum absolute atomic E-state index is 12.4. The molecular formula is C14H12INO4. The Morgan fingerprint density at radius 3 is 2.35 bits per heavy atom. The molecule has 3 rings (SSSR count). The van der Waals surface area contributed by atoms with Crippen molar-refractivity contribution in [2.45, 2.75) is 19.3 Å². The van der Waals surface area contributed by atoms with E-state index < -0.39 is 5.97 Å². The van der Waals surface area contributed by atoms with Gasteiger partial charge in [0.15, 0.2) is 0 Å². The van der Waals surface area contributed by atoms with Gasteiger partial charge in [0.25, 0.3) is 0 Å². The molecule has 0 aromatic heterocycles. The number of benzene rings is 1. The molecule has 1 aliphatic heterocycles. The molecule has 0 radical (unpaired) electrons. The summed E-state index contributed by atoms with van der Waals surface area (Å²) in [7, 11) is 0. The largest absolute Gasteiger partial charge is 0.478 e. The van der Waals surface area contributed by atoms with Gasteiger partial charge >= 0.3 is 5.97 Å². The highest BCUT2D eigenvalue weighted by molar-refractivity contribution is 14.1. The summed E-state index contributed by atoms with van der Waals surface area (Å²) >= 11 is 2.00. The minimum absolute atomic E-state index is 0.00132. The van der Waals surface area contributed by atoms with Crippen molar-refractivity contribution in [3.8, 4) is 0 Å². The van der Waals surface area contributed by atoms with Crippen LogP contribution >= 0.6 is 22.6 Å². The van der Waals surface area contributed by atoms with E-state index in [1.54, 1.807) is 12.1 Å². The molecule has 2 atom stereocenters. The van der Waals surface area contributed by atoms with E-state index in [0.717, 1.165) is 27.7 Å². The Bertz CT molecular complexity index is 606. The van der Waals surface area contributed by atoms with Crippen LogP contribution in [0.25, 0.3) is 0 Å². The average molecular weight is 385 g/mol. The summed E-state index contributed by atoms with van der Waals surface area (Å²) in [6.07, 6.45) is 2.33. The fourth-order valence-electron chi connectivity index (χ4n) is 3.10. The van der Waals surface area contributed by atoms with Crippen LogP contribution in [-0.4, -0.2) is 22.9 Å². The highest BCUT2D eigenvalue weighted by atomic mass is 127. The SMILES string of the molecule is O=C(O)c1cc(I)ccc1N1C(=O)C2CCCC2C1=O. The second kappa shape index (κ2) is 4.83. The fraction of sp³-hybridized carbons (Fsp3) is 0.357. The van der Waals surface area contributed by atoms with Gasteiger partial charge in [0.2, 0.25) is 11.8 Å². The first-order valence-corrected chi connectivity index (χ1v) is 7.49. The summed E-state index contributed by atoms with van der Waals surface area (Å²) in [5.41, 5.74) is 0.195. The third-order valence-electron chi connectivity index (χ3n) is 4.02. The molecule has 1 aromatic rings. The highest BCUT2D eigenvalue weighted by Crippen LogP contribution is 2.42. The van der Waals surface area contributed by atoms with Crippen LogP contribution < -0.4 is 4.90 Å². The van der Waals surface area contributed by atoms with Gasteiger partial charge in [-0.05, 0) is 53.6 Å². The van der Waals surface area contributed by atoms with Crippen molar-refractivity contribution in [3.05, 3.63) is 27.3 Å². The number of anilines is 1. The Morgan fingerprint density at radius 1 is 1.20 bits per heavy atom. The molecule has 1 saturated heterocycles. The molecule has 6 heteroatoms. The molecular weight excluding hydrogens is 373 g/mol. The van der Waals surface area contributed by atoms with Crippen molar-refractivity contribution >= 4 is 46.1 Å². The van der Waals surface area contributed by atoms with Crippen LogP contribution in [0.3, 0.4) is 0 Å². The Hall–Kier alpha value is -1.44. The number of carbonyl (C=O) groups excluding carboxylic acids is 2. The topological polar surface area (TPSA) is 74.7 Å². The lowest BCUT2D eigenvalue weighted by Gasteiger charge is -2.18. The number of fused-ring (bicyclic) bond motifs is 1. The van der Waals surface area contributed by atoms with Gasteiger partial charge in [-0.25, -0.2) is 9.69 Å². The molecule has 2 fully saturated rings. The van der Waals surface area contributed by atoms with Gasteiger partial charge in [-0.3, -0.25) is 9.59 Å². The van der Waals surface area contributed by atoms with Gasteiger partial charge in [0.05, 0.1) is 23.1 Å². The number of halogens is 1. The zero-order chi connectivity index (χ0) is 14.4. The molecule has 2 aliphatic rings. The molecule has 1 aliphatic carbocycles. The zero-order valence-corrected chi connectivity index (χ0v) is 12.7. The van der Waals surface area contributed by atoms with E-state index in [-0.39, 0.29) is 34.9 Å². The van der Waals surface area contributed by atoms with Crippen LogP contribution in [0.5, 0.6) is 0 Å². The number of aromatic carboxylic acids is 1. The molecule has 1 heterocycles. The van der Waals surface area contributed by atoms with Crippen molar-refractivity contribution in [2.75, 3.05) is 4.90 Å². The monoisotopic (exact) mass is 385 g/mol. The summed E-state index contributed by atoms with van der Waals surface area (Å²) in [4.78, 5) is 37.2. The Kier molecular flexibility index (Phi) is 3.27. The number of rotatable bonds is 2. The lowest BCUT2D eigenvalue weighted by Crippen LogP contribution is -2.33. The Labute approximate surface area is 129 Å². The molecule has 104 valence electrons. The molecule has 2 unspecified atom stereocenters. The van der Waals surface area contributed by atoms with E-state index in [0.29, 0.717) is 0 Å². The van der Waals surface area contributed by atoms with Crippen LogP contribution in [0.1, 0.15) is 29.6 Å². The molecule has 2 amide bonds. The first-order chi connectivity index (χ1) is 9.50. The molecule has 1 N–H and O–H groups in total. The van der Waals surface area contributed by atoms with E-state index in [4.69, 9.17) is 0 Å². The van der Waals surface area contributed by atoms with Gasteiger partial charge < -0.3 is 5.11 Å². The number of amides is 2. The molecule has 5 nitrogen and oxygen atoms in total. The average Bonchev–Trinajstić information content (AvgIpc) is 2.96. The van der Waals surface area contributed by atoms with Crippen LogP contribution in [-0.2, 0) is 9.59 Å². The third-order valence-corrected chi connectivity index (χ3v) is 4.69. The Morgan fingerprint density at radius 2 is 1.80 bits per heavy atom. The maximum atomic E-state index is 12.4. The van der Waals surface area contributed by atoms with Crippen LogP contribution in [0, 0.1) is 15.4 Å². The predicted octanol–water partition coefficient (Wildman–Crippen LogP) is 2.28. The smallest absolute Gasteiger partial charge is 0.337 e. The van der Waals surface area contributed by atoms with Gasteiger partial charge in [0, 0.05) is 3.57 Å².